The molecule has 0 aliphatic heterocycles. The Morgan fingerprint density at radius 3 is 2.40 bits per heavy atom. The molecule has 0 unspecified atom stereocenters. The zero-order valence-corrected chi connectivity index (χ0v) is 10.2. The first-order valence-corrected chi connectivity index (χ1v) is 5.26. The lowest BCUT2D eigenvalue weighted by atomic mass is 10.1. The van der Waals surface area contributed by atoms with Crippen LogP contribution in [0.5, 0.6) is 0 Å². The van der Waals surface area contributed by atoms with E-state index in [1.807, 2.05) is 40.7 Å². The molecule has 15 heavy (non-hydrogen) atoms. The molecule has 0 fully saturated rings. The van der Waals surface area contributed by atoms with Crippen LogP contribution in [0.4, 0.5) is 0 Å². The molecule has 3 nitrogen and oxygen atoms in total. The largest absolute Gasteiger partial charge is 0.355 e. The number of hydrogen-bond acceptors (Lipinski definition) is 2. The highest BCUT2D eigenvalue weighted by Gasteiger charge is 2.03. The van der Waals surface area contributed by atoms with Gasteiger partial charge in [0.15, 0.2) is 0 Å². The molecule has 0 aromatic carbocycles. The highest BCUT2D eigenvalue weighted by Crippen LogP contribution is 2.12. The Balaban J connectivity index is 0.000000921. The molecule has 0 radical (unpaired) electrons. The molecule has 0 aliphatic rings. The highest BCUT2D eigenvalue weighted by molar-refractivity contribution is 5.47. The van der Waals surface area contributed by atoms with Crippen LogP contribution in [0.15, 0.2) is 6.07 Å². The first-order chi connectivity index (χ1) is 7.15. The van der Waals surface area contributed by atoms with E-state index in [1.54, 1.807) is 0 Å². The van der Waals surface area contributed by atoms with Gasteiger partial charge in [-0.3, -0.25) is 9.78 Å². The predicted octanol–water partition coefficient (Wildman–Crippen LogP) is 2.28. The Morgan fingerprint density at radius 2 is 1.93 bits per heavy atom. The number of aryl methyl sites for hydroxylation is 3. The standard InChI is InChI=1S/C10H14N2O.C2H6/c1-7-4-8(2)12-9(3)10(7)5-11-6-13;1-2/h4,6H,5H2,1-3H3,(H,11,13);1-2H3. The number of hydrogen-bond donors (Lipinski definition) is 1. The van der Waals surface area contributed by atoms with Gasteiger partial charge in [0.05, 0.1) is 0 Å². The van der Waals surface area contributed by atoms with Gasteiger partial charge >= 0.3 is 0 Å². The van der Waals surface area contributed by atoms with Crippen LogP contribution in [0.1, 0.15) is 36.4 Å². The van der Waals surface area contributed by atoms with Crippen molar-refractivity contribution in [2.24, 2.45) is 0 Å². The molecule has 1 aromatic heterocycles. The van der Waals surface area contributed by atoms with E-state index in [4.69, 9.17) is 0 Å². The van der Waals surface area contributed by atoms with Gasteiger partial charge < -0.3 is 5.32 Å². The van der Waals surface area contributed by atoms with Gasteiger partial charge in [0.1, 0.15) is 0 Å². The Hall–Kier alpha value is -1.38. The Labute approximate surface area is 91.9 Å². The van der Waals surface area contributed by atoms with E-state index in [0.29, 0.717) is 13.0 Å². The van der Waals surface area contributed by atoms with Crippen LogP contribution in [0.25, 0.3) is 0 Å². The van der Waals surface area contributed by atoms with E-state index in [9.17, 15) is 4.79 Å². The lowest BCUT2D eigenvalue weighted by Gasteiger charge is -2.09. The lowest BCUT2D eigenvalue weighted by Crippen LogP contribution is -2.13. The molecule has 0 atom stereocenters. The van der Waals surface area contributed by atoms with Gasteiger partial charge in [-0.15, -0.1) is 0 Å². The molecular weight excluding hydrogens is 188 g/mol. The second-order valence-electron chi connectivity index (χ2n) is 3.14. The van der Waals surface area contributed by atoms with Gasteiger partial charge in [0, 0.05) is 17.9 Å². The number of nitrogens with one attached hydrogen (secondary N) is 1. The van der Waals surface area contributed by atoms with Gasteiger partial charge in [-0.25, -0.2) is 0 Å². The van der Waals surface area contributed by atoms with E-state index < -0.39 is 0 Å². The third-order valence-electron chi connectivity index (χ3n) is 2.04. The van der Waals surface area contributed by atoms with Crippen LogP contribution in [0.3, 0.4) is 0 Å². The molecule has 0 saturated carbocycles. The zero-order chi connectivity index (χ0) is 11.8. The third-order valence-corrected chi connectivity index (χ3v) is 2.04. The number of aromatic nitrogens is 1. The molecule has 1 heterocycles. The minimum atomic E-state index is 0.564. The number of pyridine rings is 1. The fourth-order valence-electron chi connectivity index (χ4n) is 1.46. The maximum Gasteiger partial charge on any atom is 0.207 e. The fraction of sp³-hybridized carbons (Fsp3) is 0.500. The van der Waals surface area contributed by atoms with Crippen molar-refractivity contribution in [3.8, 4) is 0 Å². The summed E-state index contributed by atoms with van der Waals surface area (Å²) in [6.07, 6.45) is 0.707. The van der Waals surface area contributed by atoms with Gasteiger partial charge in [-0.05, 0) is 38.0 Å². The topological polar surface area (TPSA) is 42.0 Å². The van der Waals surface area contributed by atoms with E-state index in [-0.39, 0.29) is 0 Å². The second kappa shape index (κ2) is 6.98. The summed E-state index contributed by atoms with van der Waals surface area (Å²) in [5.74, 6) is 0. The predicted molar refractivity (Wildman–Crippen MR) is 62.7 cm³/mol. The van der Waals surface area contributed by atoms with Crippen molar-refractivity contribution in [1.29, 1.82) is 0 Å². The van der Waals surface area contributed by atoms with Crippen LogP contribution in [0, 0.1) is 20.8 Å². The monoisotopic (exact) mass is 208 g/mol. The first kappa shape index (κ1) is 13.6. The van der Waals surface area contributed by atoms with Crippen molar-refractivity contribution in [3.05, 3.63) is 28.6 Å². The number of nitrogens with zero attached hydrogens (tertiary/aromatic N) is 1. The van der Waals surface area contributed by atoms with Crippen LogP contribution in [-0.2, 0) is 11.3 Å². The van der Waals surface area contributed by atoms with E-state index in [1.165, 1.54) is 5.56 Å². The van der Waals surface area contributed by atoms with E-state index >= 15 is 0 Å². The molecule has 0 spiro atoms. The highest BCUT2D eigenvalue weighted by atomic mass is 16.1. The summed E-state index contributed by atoms with van der Waals surface area (Å²) in [5.41, 5.74) is 4.30. The second-order valence-corrected chi connectivity index (χ2v) is 3.14. The summed E-state index contributed by atoms with van der Waals surface area (Å²) in [7, 11) is 0. The van der Waals surface area contributed by atoms with Crippen LogP contribution in [-0.4, -0.2) is 11.4 Å². The molecule has 1 rings (SSSR count). The first-order valence-electron chi connectivity index (χ1n) is 5.26. The summed E-state index contributed by atoms with van der Waals surface area (Å²) in [6, 6.07) is 2.02. The molecule has 84 valence electrons. The SMILES string of the molecule is CC.Cc1cc(C)c(CNC=O)c(C)n1. The maximum absolute atomic E-state index is 10.1. The average molecular weight is 208 g/mol. The molecule has 0 saturated heterocycles. The summed E-state index contributed by atoms with van der Waals surface area (Å²) in [6.45, 7) is 10.5. The van der Waals surface area contributed by atoms with E-state index in [2.05, 4.69) is 10.3 Å². The minimum absolute atomic E-state index is 0.564. The smallest absolute Gasteiger partial charge is 0.207 e. The van der Waals surface area contributed by atoms with E-state index in [0.717, 1.165) is 17.0 Å². The van der Waals surface area contributed by atoms with Crippen molar-refractivity contribution in [3.63, 3.8) is 0 Å². The molecule has 1 amide bonds. The fourth-order valence-corrected chi connectivity index (χ4v) is 1.46. The van der Waals surface area contributed by atoms with Gasteiger partial charge in [0.2, 0.25) is 6.41 Å². The van der Waals surface area contributed by atoms with Gasteiger partial charge in [0.25, 0.3) is 0 Å². The molecule has 1 aromatic rings. The Morgan fingerprint density at radius 1 is 1.33 bits per heavy atom. The zero-order valence-electron chi connectivity index (χ0n) is 10.2. The Kier molecular flexibility index (Phi) is 6.34. The average Bonchev–Trinajstić information content (AvgIpc) is 2.19. The van der Waals surface area contributed by atoms with Crippen molar-refractivity contribution in [2.75, 3.05) is 0 Å². The quantitative estimate of drug-likeness (QED) is 0.774. The molecular formula is C12H20N2O. The molecule has 3 heteroatoms. The van der Waals surface area contributed by atoms with Gasteiger partial charge in [-0.1, -0.05) is 13.8 Å². The summed E-state index contributed by atoms with van der Waals surface area (Å²) < 4.78 is 0. The van der Waals surface area contributed by atoms with Crippen LogP contribution < -0.4 is 5.32 Å². The molecule has 0 aliphatic carbocycles. The molecule has 0 bridgehead atoms. The van der Waals surface area contributed by atoms with Crippen molar-refractivity contribution in [1.82, 2.24) is 10.3 Å². The summed E-state index contributed by atoms with van der Waals surface area (Å²) in [5, 5.41) is 2.65. The van der Waals surface area contributed by atoms with Crippen molar-refractivity contribution >= 4 is 6.41 Å². The number of rotatable bonds is 3. The number of amides is 1. The minimum Gasteiger partial charge on any atom is -0.355 e. The van der Waals surface area contributed by atoms with Crippen molar-refractivity contribution in [2.45, 2.75) is 41.2 Å². The normalized spacial score (nSPS) is 8.87. The number of carbonyl (C=O) groups excluding carboxylic acids is 1. The van der Waals surface area contributed by atoms with Gasteiger partial charge in [-0.2, -0.15) is 0 Å². The van der Waals surface area contributed by atoms with Crippen LogP contribution >= 0.6 is 0 Å². The lowest BCUT2D eigenvalue weighted by molar-refractivity contribution is -0.109. The third kappa shape index (κ3) is 4.11. The maximum atomic E-state index is 10.1. The van der Waals surface area contributed by atoms with Crippen molar-refractivity contribution < 1.29 is 4.79 Å². The Bertz CT molecular complexity index is 298. The number of carbonyl (C=O) groups is 1. The summed E-state index contributed by atoms with van der Waals surface area (Å²) >= 11 is 0. The van der Waals surface area contributed by atoms with Crippen LogP contribution in [0.2, 0.25) is 0 Å². The molecule has 1 N–H and O–H groups in total. The summed E-state index contributed by atoms with van der Waals surface area (Å²) in [4.78, 5) is 14.5.